The molecule has 39 heavy (non-hydrogen) atoms. The van der Waals surface area contributed by atoms with Crippen molar-refractivity contribution >= 4 is 23.5 Å². The largest absolute Gasteiger partial charge is 0.497 e. The standard InChI is InChI=1S/C31H29N5O2S/c1-21-27-20-35(31(37)32-23-9-7-12-25(19-23)38-2)29(22-14-16-26(39-3)17-15-22)28-13-8-18-34(28)30(27)36(33-21)24-10-5-4-6-11-24/h4-19,29H,20H2,1-3H3,(H,32,37)/t29-/m0/s1. The number of benzene rings is 3. The van der Waals surface area contributed by atoms with Gasteiger partial charge in [-0.05, 0) is 67.3 Å². The number of aromatic nitrogens is 3. The fourth-order valence-electron chi connectivity index (χ4n) is 5.18. The Kier molecular flexibility index (Phi) is 6.62. The summed E-state index contributed by atoms with van der Waals surface area (Å²) in [5, 5.41) is 8.04. The number of anilines is 1. The number of aryl methyl sites for hydroxylation is 1. The first-order chi connectivity index (χ1) is 19.1. The number of urea groups is 1. The third kappa shape index (κ3) is 4.57. The number of amides is 2. The first kappa shape index (κ1) is 24.9. The highest BCUT2D eigenvalue weighted by Crippen LogP contribution is 2.39. The fourth-order valence-corrected chi connectivity index (χ4v) is 5.59. The van der Waals surface area contributed by atoms with Crippen LogP contribution in [0.5, 0.6) is 5.75 Å². The van der Waals surface area contributed by atoms with Crippen LogP contribution in [0, 0.1) is 6.92 Å². The Labute approximate surface area is 232 Å². The number of para-hydroxylation sites is 1. The van der Waals surface area contributed by atoms with Gasteiger partial charge < -0.3 is 19.5 Å². The molecule has 2 aromatic heterocycles. The van der Waals surface area contributed by atoms with Crippen LogP contribution in [-0.2, 0) is 6.54 Å². The number of hydrogen-bond donors (Lipinski definition) is 1. The number of rotatable bonds is 5. The molecule has 7 nitrogen and oxygen atoms in total. The number of carbonyl (C=O) groups is 1. The fraction of sp³-hybridized carbons (Fsp3) is 0.161. The van der Waals surface area contributed by atoms with Crippen molar-refractivity contribution in [3.8, 4) is 17.3 Å². The van der Waals surface area contributed by atoms with Gasteiger partial charge in [-0.15, -0.1) is 11.8 Å². The van der Waals surface area contributed by atoms with Crippen LogP contribution in [-0.4, -0.2) is 38.6 Å². The molecule has 6 rings (SSSR count). The smallest absolute Gasteiger partial charge is 0.322 e. The Hall–Kier alpha value is -4.43. The van der Waals surface area contributed by atoms with Crippen molar-refractivity contribution in [1.29, 1.82) is 0 Å². The van der Waals surface area contributed by atoms with Crippen LogP contribution in [0.4, 0.5) is 10.5 Å². The van der Waals surface area contributed by atoms with Gasteiger partial charge in [0, 0.05) is 28.4 Å². The molecule has 1 atom stereocenters. The molecule has 5 aromatic rings. The lowest BCUT2D eigenvalue weighted by Gasteiger charge is -2.31. The molecule has 8 heteroatoms. The lowest BCUT2D eigenvalue weighted by molar-refractivity contribution is 0.194. The zero-order valence-electron chi connectivity index (χ0n) is 22.0. The summed E-state index contributed by atoms with van der Waals surface area (Å²) in [5.41, 5.74) is 5.55. The van der Waals surface area contributed by atoms with Gasteiger partial charge in [-0.1, -0.05) is 36.4 Å². The van der Waals surface area contributed by atoms with E-state index in [9.17, 15) is 4.79 Å². The van der Waals surface area contributed by atoms with Gasteiger partial charge in [0.25, 0.3) is 0 Å². The normalized spacial score (nSPS) is 14.3. The molecule has 1 aliphatic heterocycles. The predicted octanol–water partition coefficient (Wildman–Crippen LogP) is 6.84. The summed E-state index contributed by atoms with van der Waals surface area (Å²) in [7, 11) is 1.62. The second-order valence-corrected chi connectivity index (χ2v) is 10.3. The number of hydrogen-bond acceptors (Lipinski definition) is 4. The van der Waals surface area contributed by atoms with E-state index in [0.717, 1.165) is 34.0 Å². The van der Waals surface area contributed by atoms with E-state index in [0.29, 0.717) is 18.0 Å². The van der Waals surface area contributed by atoms with E-state index in [-0.39, 0.29) is 12.1 Å². The van der Waals surface area contributed by atoms with Crippen molar-refractivity contribution in [2.75, 3.05) is 18.7 Å². The van der Waals surface area contributed by atoms with Gasteiger partial charge in [-0.2, -0.15) is 5.10 Å². The zero-order chi connectivity index (χ0) is 26.9. The average molecular weight is 536 g/mol. The number of fused-ring (bicyclic) bond motifs is 3. The van der Waals surface area contributed by atoms with E-state index in [1.807, 2.05) is 77.2 Å². The van der Waals surface area contributed by atoms with Gasteiger partial charge in [-0.3, -0.25) is 0 Å². The Bertz CT molecular complexity index is 1620. The van der Waals surface area contributed by atoms with Gasteiger partial charge in [0.15, 0.2) is 0 Å². The van der Waals surface area contributed by atoms with E-state index in [2.05, 4.69) is 52.7 Å². The van der Waals surface area contributed by atoms with Crippen LogP contribution in [0.15, 0.2) is 102 Å². The van der Waals surface area contributed by atoms with Crippen LogP contribution >= 0.6 is 11.8 Å². The molecule has 3 aromatic carbocycles. The number of methoxy groups -OCH3 is 1. The third-order valence-electron chi connectivity index (χ3n) is 7.10. The van der Waals surface area contributed by atoms with Crippen LogP contribution in [0.2, 0.25) is 0 Å². The minimum atomic E-state index is -0.322. The maximum atomic E-state index is 14.1. The molecule has 1 aliphatic rings. The highest BCUT2D eigenvalue weighted by atomic mass is 32.2. The van der Waals surface area contributed by atoms with Crippen LogP contribution in [0.25, 0.3) is 11.5 Å². The van der Waals surface area contributed by atoms with Crippen LogP contribution < -0.4 is 10.1 Å². The summed E-state index contributed by atoms with van der Waals surface area (Å²) in [6.45, 7) is 2.40. The van der Waals surface area contributed by atoms with E-state index < -0.39 is 0 Å². The highest BCUT2D eigenvalue weighted by Gasteiger charge is 2.36. The predicted molar refractivity (Wildman–Crippen MR) is 155 cm³/mol. The Morgan fingerprint density at radius 2 is 1.79 bits per heavy atom. The second kappa shape index (κ2) is 10.4. The molecule has 3 heterocycles. The summed E-state index contributed by atoms with van der Waals surface area (Å²) in [4.78, 5) is 17.2. The molecule has 0 saturated heterocycles. The van der Waals surface area contributed by atoms with Crippen molar-refractivity contribution in [2.45, 2.75) is 24.4 Å². The average Bonchev–Trinajstić information content (AvgIpc) is 3.54. The van der Waals surface area contributed by atoms with Crippen molar-refractivity contribution in [2.24, 2.45) is 0 Å². The van der Waals surface area contributed by atoms with Gasteiger partial charge in [0.05, 0.1) is 36.8 Å². The minimum absolute atomic E-state index is 0.199. The molecule has 0 aliphatic carbocycles. The van der Waals surface area contributed by atoms with Crippen LogP contribution in [0.1, 0.15) is 28.6 Å². The third-order valence-corrected chi connectivity index (χ3v) is 7.84. The topological polar surface area (TPSA) is 64.3 Å². The van der Waals surface area contributed by atoms with Crippen LogP contribution in [0.3, 0.4) is 0 Å². The number of thioether (sulfide) groups is 1. The molecule has 0 bridgehead atoms. The summed E-state index contributed by atoms with van der Waals surface area (Å²) < 4.78 is 9.53. The Morgan fingerprint density at radius 3 is 2.54 bits per heavy atom. The number of carbonyl (C=O) groups excluding carboxylic acids is 1. The van der Waals surface area contributed by atoms with E-state index in [1.54, 1.807) is 18.9 Å². The molecular weight excluding hydrogens is 506 g/mol. The molecular formula is C31H29N5O2S. The minimum Gasteiger partial charge on any atom is -0.497 e. The second-order valence-electron chi connectivity index (χ2n) is 9.40. The van der Waals surface area contributed by atoms with Gasteiger partial charge in [-0.25, -0.2) is 9.48 Å². The summed E-state index contributed by atoms with van der Waals surface area (Å²) in [6, 6.07) is 29.6. The van der Waals surface area contributed by atoms with E-state index in [4.69, 9.17) is 9.84 Å². The lowest BCUT2D eigenvalue weighted by Crippen LogP contribution is -2.38. The monoisotopic (exact) mass is 535 g/mol. The maximum Gasteiger partial charge on any atom is 0.322 e. The molecule has 0 spiro atoms. The summed E-state index contributed by atoms with van der Waals surface area (Å²) >= 11 is 1.70. The lowest BCUT2D eigenvalue weighted by atomic mass is 10.0. The first-order valence-electron chi connectivity index (χ1n) is 12.7. The molecule has 1 N–H and O–H groups in total. The molecule has 0 saturated carbocycles. The zero-order valence-corrected chi connectivity index (χ0v) is 22.9. The van der Waals surface area contributed by atoms with Gasteiger partial charge in [0.2, 0.25) is 0 Å². The van der Waals surface area contributed by atoms with Crippen molar-refractivity contribution in [3.63, 3.8) is 0 Å². The number of nitrogens with zero attached hydrogens (tertiary/aromatic N) is 4. The maximum absolute atomic E-state index is 14.1. The van der Waals surface area contributed by atoms with Crippen molar-refractivity contribution in [3.05, 3.63) is 120 Å². The number of nitrogens with one attached hydrogen (secondary N) is 1. The quantitative estimate of drug-likeness (QED) is 0.250. The molecule has 0 unspecified atom stereocenters. The van der Waals surface area contributed by atoms with E-state index >= 15 is 0 Å². The molecule has 2 amide bonds. The molecule has 196 valence electrons. The highest BCUT2D eigenvalue weighted by molar-refractivity contribution is 7.98. The Balaban J connectivity index is 1.51. The molecule has 0 radical (unpaired) electrons. The SMILES string of the molecule is COc1cccc(NC(=O)N2Cc3c(C)nn(-c4ccccc4)c3-n3cccc3[C@@H]2c2ccc(SC)cc2)c1. The Morgan fingerprint density at radius 1 is 1.00 bits per heavy atom. The van der Waals surface area contributed by atoms with E-state index in [1.165, 1.54) is 4.90 Å². The van der Waals surface area contributed by atoms with Crippen molar-refractivity contribution in [1.82, 2.24) is 19.2 Å². The molecule has 0 fully saturated rings. The number of ether oxygens (including phenoxy) is 1. The summed E-state index contributed by atoms with van der Waals surface area (Å²) in [6.07, 6.45) is 4.12. The first-order valence-corrected chi connectivity index (χ1v) is 14.0. The van der Waals surface area contributed by atoms with Gasteiger partial charge in [0.1, 0.15) is 11.6 Å². The van der Waals surface area contributed by atoms with Crippen molar-refractivity contribution < 1.29 is 9.53 Å². The summed E-state index contributed by atoms with van der Waals surface area (Å²) in [5.74, 6) is 1.63. The van der Waals surface area contributed by atoms with Gasteiger partial charge >= 0.3 is 6.03 Å².